The molecule has 0 spiro atoms. The van der Waals surface area contributed by atoms with Crippen molar-refractivity contribution >= 4 is 17.5 Å². The van der Waals surface area contributed by atoms with E-state index in [0.717, 1.165) is 0 Å². The first-order chi connectivity index (χ1) is 8.63. The highest BCUT2D eigenvalue weighted by Crippen LogP contribution is 2.25. The Morgan fingerprint density at radius 1 is 1.50 bits per heavy atom. The number of anilines is 2. The van der Waals surface area contributed by atoms with Crippen LogP contribution < -0.4 is 15.8 Å². The molecular formula is C11H13N5O2. The van der Waals surface area contributed by atoms with Gasteiger partial charge in [0.05, 0.1) is 18.4 Å². The lowest BCUT2D eigenvalue weighted by molar-refractivity contribution is 0.102. The van der Waals surface area contributed by atoms with Crippen molar-refractivity contribution in [1.82, 2.24) is 14.8 Å². The number of carbonyl (C=O) groups excluding carboxylic acids is 1. The highest BCUT2D eigenvalue weighted by molar-refractivity contribution is 6.07. The van der Waals surface area contributed by atoms with Gasteiger partial charge < -0.3 is 10.5 Å². The number of hydrogen-bond donors (Lipinski definition) is 2. The molecule has 0 saturated heterocycles. The van der Waals surface area contributed by atoms with Gasteiger partial charge in [0.1, 0.15) is 12.1 Å². The Bertz CT molecular complexity index is 579. The Hall–Kier alpha value is -2.57. The van der Waals surface area contributed by atoms with Crippen LogP contribution in [0.25, 0.3) is 0 Å². The fraction of sp³-hybridized carbons (Fsp3) is 0.182. The van der Waals surface area contributed by atoms with E-state index in [1.165, 1.54) is 18.1 Å². The minimum atomic E-state index is -0.359. The number of ether oxygens (including phenoxy) is 1. The summed E-state index contributed by atoms with van der Waals surface area (Å²) >= 11 is 0. The van der Waals surface area contributed by atoms with E-state index in [4.69, 9.17) is 10.5 Å². The zero-order valence-electron chi connectivity index (χ0n) is 10.0. The first kappa shape index (κ1) is 11.9. The van der Waals surface area contributed by atoms with Crippen LogP contribution in [0.1, 0.15) is 10.4 Å². The monoisotopic (exact) mass is 247 g/mol. The van der Waals surface area contributed by atoms with Crippen LogP contribution in [0.4, 0.5) is 11.6 Å². The molecule has 1 aromatic heterocycles. The molecule has 7 nitrogen and oxygen atoms in total. The molecule has 1 heterocycles. The van der Waals surface area contributed by atoms with E-state index in [2.05, 4.69) is 15.4 Å². The number of hydrogen-bond acceptors (Lipinski definition) is 5. The van der Waals surface area contributed by atoms with Gasteiger partial charge in [-0.15, -0.1) is 0 Å². The van der Waals surface area contributed by atoms with E-state index < -0.39 is 0 Å². The van der Waals surface area contributed by atoms with Crippen LogP contribution in [0.15, 0.2) is 24.5 Å². The van der Waals surface area contributed by atoms with E-state index in [9.17, 15) is 4.79 Å². The summed E-state index contributed by atoms with van der Waals surface area (Å²) < 4.78 is 6.51. The smallest absolute Gasteiger partial charge is 0.260 e. The molecule has 0 fully saturated rings. The number of methoxy groups -OCH3 is 1. The predicted molar refractivity (Wildman–Crippen MR) is 66.4 cm³/mol. The van der Waals surface area contributed by atoms with Crippen LogP contribution in [0.5, 0.6) is 5.75 Å². The Kier molecular flexibility index (Phi) is 3.13. The number of carbonyl (C=O) groups is 1. The average molecular weight is 247 g/mol. The van der Waals surface area contributed by atoms with Crippen LogP contribution in [-0.2, 0) is 7.05 Å². The number of rotatable bonds is 3. The van der Waals surface area contributed by atoms with Gasteiger partial charge in [0.25, 0.3) is 5.91 Å². The lowest BCUT2D eigenvalue weighted by Gasteiger charge is -2.09. The Labute approximate surface area is 104 Å². The van der Waals surface area contributed by atoms with Crippen molar-refractivity contribution in [2.75, 3.05) is 18.2 Å². The average Bonchev–Trinajstić information content (AvgIpc) is 2.75. The van der Waals surface area contributed by atoms with E-state index in [1.807, 2.05) is 0 Å². The molecule has 0 unspecified atom stereocenters. The minimum Gasteiger partial charge on any atom is -0.495 e. The summed E-state index contributed by atoms with van der Waals surface area (Å²) in [7, 11) is 3.17. The van der Waals surface area contributed by atoms with Gasteiger partial charge in [-0.05, 0) is 12.1 Å². The fourth-order valence-electron chi connectivity index (χ4n) is 1.50. The molecule has 0 aliphatic heterocycles. The summed E-state index contributed by atoms with van der Waals surface area (Å²) in [5.74, 6) is 0.449. The largest absolute Gasteiger partial charge is 0.495 e. The quantitative estimate of drug-likeness (QED) is 0.777. The van der Waals surface area contributed by atoms with Crippen molar-refractivity contribution in [3.63, 3.8) is 0 Å². The molecule has 0 bridgehead atoms. The van der Waals surface area contributed by atoms with Gasteiger partial charge in [-0.1, -0.05) is 6.07 Å². The number of amides is 1. The van der Waals surface area contributed by atoms with Crippen molar-refractivity contribution in [3.05, 3.63) is 30.1 Å². The van der Waals surface area contributed by atoms with Gasteiger partial charge in [-0.3, -0.25) is 10.1 Å². The second kappa shape index (κ2) is 4.74. The molecule has 1 amide bonds. The maximum absolute atomic E-state index is 12.0. The zero-order chi connectivity index (χ0) is 13.1. The molecule has 1 aromatic carbocycles. The molecule has 18 heavy (non-hydrogen) atoms. The van der Waals surface area contributed by atoms with Crippen molar-refractivity contribution in [3.8, 4) is 5.75 Å². The van der Waals surface area contributed by atoms with E-state index in [1.54, 1.807) is 25.2 Å². The van der Waals surface area contributed by atoms with Gasteiger partial charge in [0.15, 0.2) is 0 Å². The van der Waals surface area contributed by atoms with Crippen LogP contribution in [0, 0.1) is 0 Å². The first-order valence-electron chi connectivity index (χ1n) is 5.21. The minimum absolute atomic E-state index is 0.291. The number of aromatic nitrogens is 3. The molecule has 0 radical (unpaired) electrons. The van der Waals surface area contributed by atoms with Crippen molar-refractivity contribution in [2.45, 2.75) is 0 Å². The maximum Gasteiger partial charge on any atom is 0.260 e. The number of nitrogens with one attached hydrogen (secondary N) is 1. The van der Waals surface area contributed by atoms with Gasteiger partial charge in [-0.25, -0.2) is 4.68 Å². The van der Waals surface area contributed by atoms with Crippen LogP contribution in [0.2, 0.25) is 0 Å². The van der Waals surface area contributed by atoms with Gasteiger partial charge in [0.2, 0.25) is 5.95 Å². The number of benzene rings is 1. The summed E-state index contributed by atoms with van der Waals surface area (Å²) in [5, 5.41) is 6.47. The molecule has 2 aromatic rings. The maximum atomic E-state index is 12.0. The second-order valence-electron chi connectivity index (χ2n) is 3.58. The normalized spacial score (nSPS) is 10.1. The van der Waals surface area contributed by atoms with Crippen LogP contribution >= 0.6 is 0 Å². The van der Waals surface area contributed by atoms with Gasteiger partial charge >= 0.3 is 0 Å². The van der Waals surface area contributed by atoms with Gasteiger partial charge in [-0.2, -0.15) is 10.1 Å². The molecule has 3 N–H and O–H groups in total. The number of nitrogens with zero attached hydrogens (tertiary/aromatic N) is 3. The fourth-order valence-corrected chi connectivity index (χ4v) is 1.50. The molecule has 7 heteroatoms. The summed E-state index contributed by atoms with van der Waals surface area (Å²) in [6.07, 6.45) is 1.35. The standard InChI is InChI=1S/C11H13N5O2/c1-16-11(13-6-14-16)15-10(17)7-4-3-5-8(18-2)9(7)12/h3-6H,12H2,1-2H3,(H,13,14,15,17). The summed E-state index contributed by atoms with van der Waals surface area (Å²) in [6, 6.07) is 5.00. The number of aryl methyl sites for hydroxylation is 1. The summed E-state index contributed by atoms with van der Waals surface area (Å²) in [6.45, 7) is 0. The van der Waals surface area contributed by atoms with E-state index in [0.29, 0.717) is 22.9 Å². The Morgan fingerprint density at radius 2 is 2.28 bits per heavy atom. The van der Waals surface area contributed by atoms with Crippen molar-refractivity contribution < 1.29 is 9.53 Å². The number of para-hydroxylation sites is 1. The summed E-state index contributed by atoms with van der Waals surface area (Å²) in [5.41, 5.74) is 6.46. The predicted octanol–water partition coefficient (Wildman–Crippen LogP) is 0.658. The summed E-state index contributed by atoms with van der Waals surface area (Å²) in [4.78, 5) is 15.9. The highest BCUT2D eigenvalue weighted by Gasteiger charge is 2.14. The molecule has 0 aliphatic carbocycles. The van der Waals surface area contributed by atoms with Crippen LogP contribution in [0.3, 0.4) is 0 Å². The molecular weight excluding hydrogens is 234 g/mol. The highest BCUT2D eigenvalue weighted by atomic mass is 16.5. The third-order valence-electron chi connectivity index (χ3n) is 2.47. The third-order valence-corrected chi connectivity index (χ3v) is 2.47. The number of nitrogens with two attached hydrogens (primary N) is 1. The molecule has 94 valence electrons. The van der Waals surface area contributed by atoms with Crippen molar-refractivity contribution in [1.29, 1.82) is 0 Å². The van der Waals surface area contributed by atoms with E-state index in [-0.39, 0.29) is 5.91 Å². The number of nitrogen functional groups attached to an aromatic ring is 1. The molecule has 2 rings (SSSR count). The van der Waals surface area contributed by atoms with Crippen LogP contribution in [-0.4, -0.2) is 27.8 Å². The van der Waals surface area contributed by atoms with Crippen molar-refractivity contribution in [2.24, 2.45) is 7.05 Å². The lowest BCUT2D eigenvalue weighted by atomic mass is 10.1. The molecule has 0 saturated carbocycles. The lowest BCUT2D eigenvalue weighted by Crippen LogP contribution is -2.17. The Balaban J connectivity index is 2.27. The second-order valence-corrected chi connectivity index (χ2v) is 3.58. The zero-order valence-corrected chi connectivity index (χ0v) is 10.0. The van der Waals surface area contributed by atoms with E-state index >= 15 is 0 Å². The third kappa shape index (κ3) is 2.10. The topological polar surface area (TPSA) is 95.1 Å². The van der Waals surface area contributed by atoms with Gasteiger partial charge in [0, 0.05) is 7.05 Å². The first-order valence-corrected chi connectivity index (χ1v) is 5.21. The Morgan fingerprint density at radius 3 is 2.89 bits per heavy atom. The molecule has 0 atom stereocenters. The SMILES string of the molecule is COc1cccc(C(=O)Nc2ncnn2C)c1N. The molecule has 0 aliphatic rings.